The number of hydrogen-bond donors (Lipinski definition) is 1. The van der Waals surface area contributed by atoms with Crippen LogP contribution in [0.25, 0.3) is 0 Å². The Balaban J connectivity index is 1.90. The summed E-state index contributed by atoms with van der Waals surface area (Å²) >= 11 is 0. The van der Waals surface area contributed by atoms with Crippen molar-refractivity contribution < 1.29 is 0 Å². The number of fused-ring (bicyclic) bond motifs is 3. The molecule has 1 N–H and O–H groups in total. The molecule has 8 heavy (non-hydrogen) atoms. The van der Waals surface area contributed by atoms with Crippen molar-refractivity contribution in [1.29, 1.82) is 0 Å². The molecule has 0 bridgehead atoms. The van der Waals surface area contributed by atoms with Gasteiger partial charge in [-0.3, -0.25) is 0 Å². The van der Waals surface area contributed by atoms with Crippen LogP contribution in [0.4, 0.5) is 0 Å². The SMILES string of the molecule is C1CCC2(C1)C1NC12. The van der Waals surface area contributed by atoms with Gasteiger partial charge < -0.3 is 5.32 Å². The van der Waals surface area contributed by atoms with Gasteiger partial charge in [-0.1, -0.05) is 12.8 Å². The van der Waals surface area contributed by atoms with Gasteiger partial charge in [-0.2, -0.15) is 0 Å². The molecule has 1 aliphatic heterocycles. The molecule has 3 fully saturated rings. The second kappa shape index (κ2) is 0.860. The highest BCUT2D eigenvalue weighted by molar-refractivity contribution is 5.35. The highest BCUT2D eigenvalue weighted by Gasteiger charge is 2.76. The average molecular weight is 109 g/mol. The summed E-state index contributed by atoms with van der Waals surface area (Å²) in [6.45, 7) is 0. The van der Waals surface area contributed by atoms with Crippen molar-refractivity contribution in [3.05, 3.63) is 0 Å². The lowest BCUT2D eigenvalue weighted by molar-refractivity contribution is 0.402. The molecule has 1 spiro atoms. The molecular formula is C7H11N. The smallest absolute Gasteiger partial charge is 0.0302 e. The lowest BCUT2D eigenvalue weighted by atomic mass is 10.0. The Hall–Kier alpha value is -0.0400. The molecule has 3 aliphatic rings. The van der Waals surface area contributed by atoms with E-state index in [1.165, 1.54) is 25.7 Å². The van der Waals surface area contributed by atoms with Gasteiger partial charge in [0.05, 0.1) is 0 Å². The molecular weight excluding hydrogens is 98.1 g/mol. The standard InChI is InChI=1S/C7H11N/c1-2-4-7(3-1)5-6(7)8-5/h5-6,8H,1-4H2. The van der Waals surface area contributed by atoms with Gasteiger partial charge >= 0.3 is 0 Å². The van der Waals surface area contributed by atoms with Gasteiger partial charge in [-0.15, -0.1) is 0 Å². The molecule has 3 rings (SSSR count). The largest absolute Gasteiger partial charge is 0.307 e. The van der Waals surface area contributed by atoms with E-state index >= 15 is 0 Å². The van der Waals surface area contributed by atoms with E-state index in [1.807, 2.05) is 0 Å². The summed E-state index contributed by atoms with van der Waals surface area (Å²) in [7, 11) is 0. The third-order valence-corrected chi connectivity index (χ3v) is 3.25. The number of hydrogen-bond acceptors (Lipinski definition) is 1. The Morgan fingerprint density at radius 1 is 1.12 bits per heavy atom. The van der Waals surface area contributed by atoms with Gasteiger partial charge in [-0.25, -0.2) is 0 Å². The molecule has 1 heterocycles. The van der Waals surface area contributed by atoms with Crippen LogP contribution in [-0.2, 0) is 0 Å². The molecule has 0 aromatic carbocycles. The molecule has 2 atom stereocenters. The predicted molar refractivity (Wildman–Crippen MR) is 31.6 cm³/mol. The zero-order chi connectivity index (χ0) is 5.19. The van der Waals surface area contributed by atoms with Crippen LogP contribution in [0.2, 0.25) is 0 Å². The molecule has 2 aliphatic carbocycles. The highest BCUT2D eigenvalue weighted by Crippen LogP contribution is 2.66. The fourth-order valence-corrected chi connectivity index (χ4v) is 2.52. The van der Waals surface area contributed by atoms with Crippen molar-refractivity contribution in [2.24, 2.45) is 5.41 Å². The summed E-state index contributed by atoms with van der Waals surface area (Å²) in [6, 6.07) is 2.01. The quantitative estimate of drug-likeness (QED) is 0.459. The average Bonchev–Trinajstić information content (AvgIpc) is 2.58. The fraction of sp³-hybridized carbons (Fsp3) is 1.00. The van der Waals surface area contributed by atoms with Gasteiger partial charge in [0.25, 0.3) is 0 Å². The van der Waals surface area contributed by atoms with Crippen LogP contribution in [0.15, 0.2) is 0 Å². The molecule has 2 unspecified atom stereocenters. The summed E-state index contributed by atoms with van der Waals surface area (Å²) in [5.74, 6) is 0. The minimum Gasteiger partial charge on any atom is -0.307 e. The van der Waals surface area contributed by atoms with E-state index in [1.54, 1.807) is 0 Å². The Kier molecular flexibility index (Phi) is 0.418. The molecule has 1 heteroatoms. The van der Waals surface area contributed by atoms with E-state index in [2.05, 4.69) is 5.32 Å². The van der Waals surface area contributed by atoms with Gasteiger partial charge in [0.1, 0.15) is 0 Å². The molecule has 1 nitrogen and oxygen atoms in total. The Bertz CT molecular complexity index is 125. The first-order valence-electron chi connectivity index (χ1n) is 3.70. The monoisotopic (exact) mass is 109 g/mol. The van der Waals surface area contributed by atoms with Crippen LogP contribution < -0.4 is 5.32 Å². The Morgan fingerprint density at radius 2 is 1.75 bits per heavy atom. The maximum atomic E-state index is 3.43. The molecule has 44 valence electrons. The van der Waals surface area contributed by atoms with E-state index < -0.39 is 0 Å². The van der Waals surface area contributed by atoms with Crippen LogP contribution in [-0.4, -0.2) is 12.1 Å². The van der Waals surface area contributed by atoms with E-state index in [4.69, 9.17) is 0 Å². The molecule has 2 saturated carbocycles. The first-order valence-corrected chi connectivity index (χ1v) is 3.70. The summed E-state index contributed by atoms with van der Waals surface area (Å²) < 4.78 is 0. The lowest BCUT2D eigenvalue weighted by Gasteiger charge is -2.12. The Labute approximate surface area is 49.5 Å². The summed E-state index contributed by atoms with van der Waals surface area (Å²) in [4.78, 5) is 0. The number of nitrogens with one attached hydrogen (secondary N) is 1. The first-order chi connectivity index (χ1) is 3.93. The van der Waals surface area contributed by atoms with Gasteiger partial charge in [0.2, 0.25) is 0 Å². The second-order valence-corrected chi connectivity index (χ2v) is 3.56. The maximum absolute atomic E-state index is 3.43. The molecule has 0 amide bonds. The van der Waals surface area contributed by atoms with Crippen molar-refractivity contribution in [2.45, 2.75) is 37.8 Å². The summed E-state index contributed by atoms with van der Waals surface area (Å²) in [5.41, 5.74) is 0.889. The van der Waals surface area contributed by atoms with Crippen molar-refractivity contribution in [3.63, 3.8) is 0 Å². The van der Waals surface area contributed by atoms with Gasteiger partial charge in [0, 0.05) is 17.5 Å². The third kappa shape index (κ3) is 0.235. The van der Waals surface area contributed by atoms with Crippen LogP contribution >= 0.6 is 0 Å². The van der Waals surface area contributed by atoms with E-state index in [0.29, 0.717) is 0 Å². The first kappa shape index (κ1) is 3.89. The van der Waals surface area contributed by atoms with Crippen LogP contribution in [0.5, 0.6) is 0 Å². The predicted octanol–water partition coefficient (Wildman–Crippen LogP) is 0.901. The zero-order valence-corrected chi connectivity index (χ0v) is 4.98. The summed E-state index contributed by atoms with van der Waals surface area (Å²) in [5, 5.41) is 3.43. The van der Waals surface area contributed by atoms with Crippen molar-refractivity contribution >= 4 is 0 Å². The van der Waals surface area contributed by atoms with Crippen molar-refractivity contribution in [2.75, 3.05) is 0 Å². The lowest BCUT2D eigenvalue weighted by Crippen LogP contribution is -2.19. The third-order valence-electron chi connectivity index (χ3n) is 3.25. The Morgan fingerprint density at radius 3 is 2.00 bits per heavy atom. The van der Waals surface area contributed by atoms with Gasteiger partial charge in [-0.05, 0) is 12.8 Å². The van der Waals surface area contributed by atoms with E-state index in [-0.39, 0.29) is 0 Å². The second-order valence-electron chi connectivity index (χ2n) is 3.56. The van der Waals surface area contributed by atoms with E-state index in [9.17, 15) is 0 Å². The molecule has 0 radical (unpaired) electrons. The van der Waals surface area contributed by atoms with Crippen molar-refractivity contribution in [1.82, 2.24) is 5.32 Å². The van der Waals surface area contributed by atoms with E-state index in [0.717, 1.165) is 17.5 Å². The molecule has 0 aromatic heterocycles. The minimum atomic E-state index is 0.889. The van der Waals surface area contributed by atoms with Gasteiger partial charge in [0.15, 0.2) is 0 Å². The minimum absolute atomic E-state index is 0.889. The fourth-order valence-electron chi connectivity index (χ4n) is 2.52. The summed E-state index contributed by atoms with van der Waals surface area (Å²) in [6.07, 6.45) is 6.09. The number of rotatable bonds is 0. The highest BCUT2D eigenvalue weighted by atomic mass is 15.3. The normalized spacial score (nSPS) is 54.0. The van der Waals surface area contributed by atoms with Crippen molar-refractivity contribution in [3.8, 4) is 0 Å². The van der Waals surface area contributed by atoms with Crippen LogP contribution in [0.3, 0.4) is 0 Å². The zero-order valence-electron chi connectivity index (χ0n) is 4.98. The topological polar surface area (TPSA) is 21.9 Å². The van der Waals surface area contributed by atoms with Crippen LogP contribution in [0, 0.1) is 5.41 Å². The molecule has 1 saturated heterocycles. The molecule has 0 aromatic rings. The van der Waals surface area contributed by atoms with Crippen LogP contribution in [0.1, 0.15) is 25.7 Å². The maximum Gasteiger partial charge on any atom is 0.0302 e.